The van der Waals surface area contributed by atoms with E-state index in [1.807, 2.05) is 0 Å². The number of methoxy groups -OCH3 is 1. The molecule has 0 bridgehead atoms. The molecule has 0 amide bonds. The summed E-state index contributed by atoms with van der Waals surface area (Å²) in [5, 5.41) is 2.69. The third-order valence-corrected chi connectivity index (χ3v) is 0.839. The van der Waals surface area contributed by atoms with Gasteiger partial charge in [0, 0.05) is 0 Å². The second-order valence-electron chi connectivity index (χ2n) is 1.70. The van der Waals surface area contributed by atoms with E-state index in [9.17, 15) is 4.79 Å². The molecule has 0 aromatic rings. The average Bonchev–Trinajstić information content (AvgIpc) is 1.87. The largest absolute Gasteiger partial charge is 0.483 e. The Morgan fingerprint density at radius 3 is 2.78 bits per heavy atom. The molecular weight excluding hydrogens is 118 g/mol. The number of ether oxygens (including phenoxy) is 1. The fourth-order valence-corrected chi connectivity index (χ4v) is 0.347. The predicted octanol–water partition coefficient (Wildman–Crippen LogP) is 0.281. The third kappa shape index (κ3) is 3.58. The van der Waals surface area contributed by atoms with Crippen molar-refractivity contribution in [3.63, 3.8) is 0 Å². The minimum Gasteiger partial charge on any atom is -0.483 e. The Hall–Kier alpha value is -0.990. The van der Waals surface area contributed by atoms with Crippen LogP contribution >= 0.6 is 0 Å². The summed E-state index contributed by atoms with van der Waals surface area (Å²) < 4.78 is 4.66. The van der Waals surface area contributed by atoms with Gasteiger partial charge in [-0.3, -0.25) is 0 Å². The molecule has 1 unspecified atom stereocenters. The Balaban J connectivity index is 3.46. The highest BCUT2D eigenvalue weighted by molar-refractivity contribution is 5.56. The van der Waals surface area contributed by atoms with E-state index < -0.39 is 0 Å². The van der Waals surface area contributed by atoms with Gasteiger partial charge in [0.25, 0.3) is 0 Å². The van der Waals surface area contributed by atoms with Crippen molar-refractivity contribution in [1.82, 2.24) is 5.32 Å². The van der Waals surface area contributed by atoms with Crippen molar-refractivity contribution in [3.8, 4) is 0 Å². The highest BCUT2D eigenvalue weighted by atomic mass is 16.5. The van der Waals surface area contributed by atoms with Crippen LogP contribution in [0.4, 0.5) is 0 Å². The van der Waals surface area contributed by atoms with Crippen LogP contribution in [0.25, 0.3) is 0 Å². The molecule has 0 saturated carbocycles. The van der Waals surface area contributed by atoms with Gasteiger partial charge < -0.3 is 14.8 Å². The number of hydrogen-bond acceptors (Lipinski definition) is 3. The Kier molecular flexibility index (Phi) is 3.51. The maximum Gasteiger partial charge on any atom is 0.179 e. The van der Waals surface area contributed by atoms with Gasteiger partial charge in [0.2, 0.25) is 0 Å². The van der Waals surface area contributed by atoms with E-state index in [-0.39, 0.29) is 6.04 Å². The lowest BCUT2D eigenvalue weighted by Crippen LogP contribution is -2.26. The lowest BCUT2D eigenvalue weighted by atomic mass is 10.4. The van der Waals surface area contributed by atoms with Gasteiger partial charge in [0.05, 0.1) is 13.2 Å². The van der Waals surface area contributed by atoms with E-state index in [0.717, 1.165) is 6.29 Å². The molecule has 0 aliphatic rings. The average molecular weight is 129 g/mol. The molecule has 9 heavy (non-hydrogen) atoms. The molecule has 0 radical (unpaired) electrons. The molecule has 0 aliphatic heterocycles. The summed E-state index contributed by atoms with van der Waals surface area (Å²) in [5.41, 5.74) is 0. The van der Waals surface area contributed by atoms with Crippen molar-refractivity contribution < 1.29 is 9.53 Å². The zero-order chi connectivity index (χ0) is 7.28. The maximum atomic E-state index is 10.00. The number of carbonyl (C=O) groups is 1. The third-order valence-electron chi connectivity index (χ3n) is 0.839. The highest BCUT2D eigenvalue weighted by Crippen LogP contribution is 1.84. The summed E-state index contributed by atoms with van der Waals surface area (Å²) in [6.07, 6.45) is 0.782. The van der Waals surface area contributed by atoms with Gasteiger partial charge in [0.1, 0.15) is 6.29 Å². The van der Waals surface area contributed by atoms with Crippen LogP contribution in [0.1, 0.15) is 6.92 Å². The first-order valence-electron chi connectivity index (χ1n) is 2.65. The molecule has 0 aliphatic carbocycles. The number of rotatable bonds is 4. The zero-order valence-corrected chi connectivity index (χ0v) is 5.68. The Labute approximate surface area is 54.7 Å². The molecule has 0 spiro atoms. The summed E-state index contributed by atoms with van der Waals surface area (Å²) in [6.45, 7) is 5.19. The first-order chi connectivity index (χ1) is 4.20. The molecule has 0 rings (SSSR count). The topological polar surface area (TPSA) is 38.3 Å². The van der Waals surface area contributed by atoms with Gasteiger partial charge >= 0.3 is 0 Å². The van der Waals surface area contributed by atoms with Crippen LogP contribution in [0.5, 0.6) is 0 Å². The first kappa shape index (κ1) is 8.01. The van der Waals surface area contributed by atoms with Crippen LogP contribution in [0, 0.1) is 0 Å². The van der Waals surface area contributed by atoms with Crippen LogP contribution in [0.2, 0.25) is 0 Å². The van der Waals surface area contributed by atoms with Crippen LogP contribution in [-0.4, -0.2) is 19.4 Å². The SMILES string of the molecule is C=C(NC(C)C=O)OC. The zero-order valence-electron chi connectivity index (χ0n) is 5.68. The summed E-state index contributed by atoms with van der Waals surface area (Å²) in [6, 6.07) is -0.225. The Bertz CT molecular complexity index is 112. The molecule has 1 atom stereocenters. The number of carbonyl (C=O) groups excluding carboxylic acids is 1. The van der Waals surface area contributed by atoms with Crippen LogP contribution in [0.3, 0.4) is 0 Å². The van der Waals surface area contributed by atoms with E-state index in [1.165, 1.54) is 7.11 Å². The van der Waals surface area contributed by atoms with Gasteiger partial charge in [-0.2, -0.15) is 0 Å². The monoisotopic (exact) mass is 129 g/mol. The van der Waals surface area contributed by atoms with Crippen molar-refractivity contribution in [2.75, 3.05) is 7.11 Å². The fourth-order valence-electron chi connectivity index (χ4n) is 0.347. The predicted molar refractivity (Wildman–Crippen MR) is 34.8 cm³/mol. The van der Waals surface area contributed by atoms with Gasteiger partial charge in [-0.25, -0.2) is 0 Å². The molecule has 3 nitrogen and oxygen atoms in total. The molecule has 1 N–H and O–H groups in total. The van der Waals surface area contributed by atoms with E-state index in [0.29, 0.717) is 5.88 Å². The van der Waals surface area contributed by atoms with Crippen molar-refractivity contribution in [2.24, 2.45) is 0 Å². The summed E-state index contributed by atoms with van der Waals surface area (Å²) in [5.74, 6) is 0.412. The lowest BCUT2D eigenvalue weighted by molar-refractivity contribution is -0.109. The van der Waals surface area contributed by atoms with Gasteiger partial charge in [-0.1, -0.05) is 0 Å². The smallest absolute Gasteiger partial charge is 0.179 e. The minimum atomic E-state index is -0.225. The minimum absolute atomic E-state index is 0.225. The van der Waals surface area contributed by atoms with Crippen LogP contribution in [0.15, 0.2) is 12.5 Å². The van der Waals surface area contributed by atoms with Crippen molar-refractivity contribution in [3.05, 3.63) is 12.5 Å². The van der Waals surface area contributed by atoms with E-state index >= 15 is 0 Å². The van der Waals surface area contributed by atoms with Gasteiger partial charge in [-0.15, -0.1) is 0 Å². The van der Waals surface area contributed by atoms with Crippen molar-refractivity contribution in [2.45, 2.75) is 13.0 Å². The Morgan fingerprint density at radius 2 is 2.44 bits per heavy atom. The van der Waals surface area contributed by atoms with Crippen molar-refractivity contribution >= 4 is 6.29 Å². The number of hydrogen-bond donors (Lipinski definition) is 1. The number of aldehydes is 1. The molecule has 0 heterocycles. The second kappa shape index (κ2) is 3.95. The van der Waals surface area contributed by atoms with Crippen LogP contribution in [-0.2, 0) is 9.53 Å². The molecule has 0 aromatic carbocycles. The van der Waals surface area contributed by atoms with Gasteiger partial charge in [-0.05, 0) is 13.5 Å². The summed E-state index contributed by atoms with van der Waals surface area (Å²) >= 11 is 0. The van der Waals surface area contributed by atoms with E-state index in [2.05, 4.69) is 16.6 Å². The molecule has 52 valence electrons. The quantitative estimate of drug-likeness (QED) is 0.437. The molecule has 0 fully saturated rings. The van der Waals surface area contributed by atoms with E-state index in [4.69, 9.17) is 0 Å². The van der Waals surface area contributed by atoms with Crippen molar-refractivity contribution in [1.29, 1.82) is 0 Å². The molecular formula is C6H11NO2. The Morgan fingerprint density at radius 1 is 1.89 bits per heavy atom. The first-order valence-corrected chi connectivity index (χ1v) is 2.65. The lowest BCUT2D eigenvalue weighted by Gasteiger charge is -2.08. The summed E-state index contributed by atoms with van der Waals surface area (Å²) in [7, 11) is 1.49. The van der Waals surface area contributed by atoms with Crippen LogP contribution < -0.4 is 5.32 Å². The summed E-state index contributed by atoms with van der Waals surface area (Å²) in [4.78, 5) is 10.00. The van der Waals surface area contributed by atoms with Gasteiger partial charge in [0.15, 0.2) is 5.88 Å². The maximum absolute atomic E-state index is 10.00. The molecule has 0 saturated heterocycles. The molecule has 0 aromatic heterocycles. The molecule has 3 heteroatoms. The fraction of sp³-hybridized carbons (Fsp3) is 0.500. The normalized spacial score (nSPS) is 11.8. The second-order valence-corrected chi connectivity index (χ2v) is 1.70. The highest BCUT2D eigenvalue weighted by Gasteiger charge is 1.97. The standard InChI is InChI=1S/C6H11NO2/c1-5(4-8)7-6(2)9-3/h4-5,7H,2H2,1,3H3. The van der Waals surface area contributed by atoms with E-state index in [1.54, 1.807) is 6.92 Å². The number of nitrogens with one attached hydrogen (secondary N) is 1.